The minimum atomic E-state index is -1.44. The Morgan fingerprint density at radius 2 is 1.43 bits per heavy atom. The van der Waals surface area contributed by atoms with E-state index in [0.717, 1.165) is 5.57 Å². The van der Waals surface area contributed by atoms with Crippen LogP contribution in [0.25, 0.3) is 0 Å². The summed E-state index contributed by atoms with van der Waals surface area (Å²) in [7, 11) is 0. The highest BCUT2D eigenvalue weighted by Crippen LogP contribution is 2.46. The van der Waals surface area contributed by atoms with Crippen molar-refractivity contribution in [3.8, 4) is 0 Å². The minimum absolute atomic E-state index is 0.0359. The summed E-state index contributed by atoms with van der Waals surface area (Å²) in [5, 5.41) is 0. The van der Waals surface area contributed by atoms with Gasteiger partial charge in [0, 0.05) is 6.42 Å². The monoisotopic (exact) mass is 324 g/mol. The van der Waals surface area contributed by atoms with Gasteiger partial charge in [0.1, 0.15) is 0 Å². The number of allylic oxidation sites excluding steroid dienone is 1. The first-order chi connectivity index (χ1) is 10.8. The molecule has 1 aliphatic carbocycles. The molecular weight excluding hydrogens is 300 g/mol. The first kappa shape index (κ1) is 18.9. The van der Waals surface area contributed by atoms with Crippen LogP contribution in [-0.4, -0.2) is 37.7 Å². The molecule has 1 aliphatic rings. The minimum Gasteiger partial charge on any atom is -0.465 e. The standard InChI is InChI=1S/C17H24O6/c1-6-21-14(18)12(5)13-10-17(9-11(13)4,15(19)22-7-2)16(20)23-8-3/h5-10H2,1-4H3. The fourth-order valence-electron chi connectivity index (χ4n) is 2.69. The molecule has 0 amide bonds. The highest BCUT2D eigenvalue weighted by molar-refractivity contribution is 6.03. The summed E-state index contributed by atoms with van der Waals surface area (Å²) in [6.07, 6.45) is 0.187. The van der Waals surface area contributed by atoms with E-state index in [1.807, 2.05) is 0 Å². The fraction of sp³-hybridized carbons (Fsp3) is 0.588. The lowest BCUT2D eigenvalue weighted by Gasteiger charge is -2.25. The highest BCUT2D eigenvalue weighted by atomic mass is 16.6. The van der Waals surface area contributed by atoms with Gasteiger partial charge in [-0.3, -0.25) is 9.59 Å². The number of ether oxygens (including phenoxy) is 3. The second-order valence-corrected chi connectivity index (χ2v) is 5.33. The van der Waals surface area contributed by atoms with Crippen LogP contribution in [0.3, 0.4) is 0 Å². The third-order valence-electron chi connectivity index (χ3n) is 3.78. The average molecular weight is 324 g/mol. The van der Waals surface area contributed by atoms with Crippen molar-refractivity contribution in [1.29, 1.82) is 0 Å². The SMILES string of the molecule is C=C(C(=O)OCC)C1=C(C)CC(C(=O)OCC)(C(=O)OCC)C1. The van der Waals surface area contributed by atoms with Gasteiger partial charge in [0.05, 0.1) is 25.4 Å². The molecule has 23 heavy (non-hydrogen) atoms. The van der Waals surface area contributed by atoms with Gasteiger partial charge < -0.3 is 14.2 Å². The molecule has 1 rings (SSSR count). The molecule has 0 aromatic carbocycles. The number of rotatable bonds is 7. The van der Waals surface area contributed by atoms with Crippen molar-refractivity contribution in [3.63, 3.8) is 0 Å². The summed E-state index contributed by atoms with van der Waals surface area (Å²) in [4.78, 5) is 36.7. The third kappa shape index (κ3) is 3.81. The maximum absolute atomic E-state index is 12.4. The summed E-state index contributed by atoms with van der Waals surface area (Å²) in [5.41, 5.74) is 0.0227. The molecule has 0 saturated heterocycles. The molecule has 0 spiro atoms. The lowest BCUT2D eigenvalue weighted by molar-refractivity contribution is -0.171. The van der Waals surface area contributed by atoms with Crippen molar-refractivity contribution in [3.05, 3.63) is 23.3 Å². The van der Waals surface area contributed by atoms with E-state index in [0.29, 0.717) is 5.57 Å². The molecule has 0 fully saturated rings. The molecule has 0 N–H and O–H groups in total. The van der Waals surface area contributed by atoms with E-state index >= 15 is 0 Å². The van der Waals surface area contributed by atoms with Crippen LogP contribution in [0.1, 0.15) is 40.5 Å². The van der Waals surface area contributed by atoms with Crippen LogP contribution in [0.4, 0.5) is 0 Å². The van der Waals surface area contributed by atoms with E-state index in [9.17, 15) is 14.4 Å². The fourth-order valence-corrected chi connectivity index (χ4v) is 2.69. The lowest BCUT2D eigenvalue weighted by atomic mass is 9.83. The molecule has 0 aromatic rings. The van der Waals surface area contributed by atoms with Gasteiger partial charge >= 0.3 is 17.9 Å². The molecule has 0 aromatic heterocycles. The molecule has 0 bridgehead atoms. The van der Waals surface area contributed by atoms with Gasteiger partial charge in [-0.05, 0) is 39.7 Å². The molecule has 128 valence electrons. The van der Waals surface area contributed by atoms with E-state index in [4.69, 9.17) is 14.2 Å². The Hall–Kier alpha value is -2.11. The summed E-state index contributed by atoms with van der Waals surface area (Å²) in [6.45, 7) is 11.1. The lowest BCUT2D eigenvalue weighted by Crippen LogP contribution is -2.40. The Bertz CT molecular complexity index is 525. The first-order valence-electron chi connectivity index (χ1n) is 7.73. The van der Waals surface area contributed by atoms with Crippen LogP contribution >= 0.6 is 0 Å². The molecule has 6 nitrogen and oxygen atoms in total. The van der Waals surface area contributed by atoms with E-state index in [2.05, 4.69) is 6.58 Å². The maximum Gasteiger partial charge on any atom is 0.337 e. The predicted octanol–water partition coefficient (Wildman–Crippen LogP) is 2.33. The Morgan fingerprint density at radius 3 is 1.87 bits per heavy atom. The Balaban J connectivity index is 3.11. The maximum atomic E-state index is 12.4. The summed E-state index contributed by atoms with van der Waals surface area (Å²) in [6, 6.07) is 0. The smallest absolute Gasteiger partial charge is 0.337 e. The van der Waals surface area contributed by atoms with E-state index in [1.165, 1.54) is 0 Å². The van der Waals surface area contributed by atoms with Crippen molar-refractivity contribution in [2.24, 2.45) is 5.41 Å². The van der Waals surface area contributed by atoms with Crippen molar-refractivity contribution < 1.29 is 28.6 Å². The van der Waals surface area contributed by atoms with Crippen LogP contribution in [0.2, 0.25) is 0 Å². The average Bonchev–Trinajstić information content (AvgIpc) is 2.86. The first-order valence-corrected chi connectivity index (χ1v) is 7.73. The van der Waals surface area contributed by atoms with Crippen LogP contribution in [-0.2, 0) is 28.6 Å². The molecule has 6 heteroatoms. The normalized spacial score (nSPS) is 16.0. The number of hydrogen-bond acceptors (Lipinski definition) is 6. The van der Waals surface area contributed by atoms with Gasteiger partial charge in [-0.25, -0.2) is 4.79 Å². The molecular formula is C17H24O6. The van der Waals surface area contributed by atoms with Gasteiger partial charge in [-0.1, -0.05) is 12.2 Å². The summed E-state index contributed by atoms with van der Waals surface area (Å²) < 4.78 is 15.1. The second kappa shape index (κ2) is 7.94. The topological polar surface area (TPSA) is 78.9 Å². The van der Waals surface area contributed by atoms with Gasteiger partial charge in [0.25, 0.3) is 0 Å². The van der Waals surface area contributed by atoms with Gasteiger partial charge in [0.2, 0.25) is 0 Å². The zero-order valence-corrected chi connectivity index (χ0v) is 14.2. The third-order valence-corrected chi connectivity index (χ3v) is 3.78. The quantitative estimate of drug-likeness (QED) is 0.309. The largest absolute Gasteiger partial charge is 0.465 e. The van der Waals surface area contributed by atoms with Crippen molar-refractivity contribution in [2.75, 3.05) is 19.8 Å². The van der Waals surface area contributed by atoms with Gasteiger partial charge in [-0.15, -0.1) is 0 Å². The van der Waals surface area contributed by atoms with Crippen LogP contribution in [0.15, 0.2) is 23.3 Å². The number of carbonyl (C=O) groups excluding carboxylic acids is 3. The zero-order valence-electron chi connectivity index (χ0n) is 14.2. The van der Waals surface area contributed by atoms with Gasteiger partial charge in [0.15, 0.2) is 5.41 Å². The number of hydrogen-bond donors (Lipinski definition) is 0. The van der Waals surface area contributed by atoms with Crippen molar-refractivity contribution in [1.82, 2.24) is 0 Å². The summed E-state index contributed by atoms with van der Waals surface area (Å²) in [5.74, 6) is -1.82. The molecule has 0 aliphatic heterocycles. The number of esters is 3. The van der Waals surface area contributed by atoms with Crippen LogP contribution < -0.4 is 0 Å². The molecule has 0 heterocycles. The van der Waals surface area contributed by atoms with Crippen molar-refractivity contribution >= 4 is 17.9 Å². The molecule has 0 radical (unpaired) electrons. The Labute approximate surface area is 136 Å². The van der Waals surface area contributed by atoms with Crippen molar-refractivity contribution in [2.45, 2.75) is 40.5 Å². The van der Waals surface area contributed by atoms with E-state index < -0.39 is 23.3 Å². The van der Waals surface area contributed by atoms with Gasteiger partial charge in [-0.2, -0.15) is 0 Å². The highest BCUT2D eigenvalue weighted by Gasteiger charge is 2.53. The Morgan fingerprint density at radius 1 is 0.957 bits per heavy atom. The molecule has 0 unspecified atom stereocenters. The van der Waals surface area contributed by atoms with E-state index in [1.54, 1.807) is 27.7 Å². The Kier molecular flexibility index (Phi) is 6.54. The zero-order chi connectivity index (χ0) is 17.6. The second-order valence-electron chi connectivity index (χ2n) is 5.33. The number of carbonyl (C=O) groups is 3. The predicted molar refractivity (Wildman–Crippen MR) is 83.4 cm³/mol. The molecule has 0 atom stereocenters. The summed E-state index contributed by atoms with van der Waals surface area (Å²) >= 11 is 0. The van der Waals surface area contributed by atoms with E-state index in [-0.39, 0.29) is 38.2 Å². The molecule has 0 saturated carbocycles. The van der Waals surface area contributed by atoms with Crippen LogP contribution in [0, 0.1) is 5.41 Å². The van der Waals surface area contributed by atoms with Crippen LogP contribution in [0.5, 0.6) is 0 Å².